The van der Waals surface area contributed by atoms with Gasteiger partial charge in [-0.2, -0.15) is 0 Å². The number of nitrogens with zero attached hydrogens (tertiary/aromatic N) is 1. The van der Waals surface area contributed by atoms with Crippen LogP contribution in [-0.2, 0) is 41.7 Å². The molecule has 0 aliphatic rings. The average molecular weight is 928 g/mol. The molecule has 10 N–H and O–H groups in total. The van der Waals surface area contributed by atoms with Crippen molar-refractivity contribution >= 4 is 81.9 Å². The average Bonchev–Trinajstić information content (AvgIpc) is 3.28. The van der Waals surface area contributed by atoms with Crippen LogP contribution in [0.1, 0.15) is 56.6 Å². The molecule has 0 fully saturated rings. The molecular formula is C49H60Cl2N8O6. The van der Waals surface area contributed by atoms with Crippen LogP contribution >= 0.6 is 24.8 Å². The number of halogens is 2. The zero-order chi connectivity index (χ0) is 45.1. The lowest BCUT2D eigenvalue weighted by molar-refractivity contribution is -0.149. The summed E-state index contributed by atoms with van der Waals surface area (Å²) in [6.45, 7) is 5.57. The van der Waals surface area contributed by atoms with Gasteiger partial charge in [-0.15, -0.1) is 31.4 Å². The summed E-state index contributed by atoms with van der Waals surface area (Å²) in [5.41, 5.74) is 20.4. The van der Waals surface area contributed by atoms with Crippen molar-refractivity contribution in [3.05, 3.63) is 133 Å². The maximum absolute atomic E-state index is 14.1. The number of aliphatic imine (C=N–C) groups is 1. The number of nitrogens with one attached hydrogen (secondary N) is 4. The van der Waals surface area contributed by atoms with Crippen LogP contribution in [0.5, 0.6) is 0 Å². The smallest absolute Gasteiger partial charge is 0.329 e. The van der Waals surface area contributed by atoms with E-state index in [2.05, 4.69) is 63.2 Å². The minimum Gasteiger partial charge on any atom is -0.459 e. The Morgan fingerprint density at radius 2 is 1.23 bits per heavy atom. The molecule has 5 aromatic rings. The standard InChI is InChI=1S/C49H58N8O6.2ClH/c1-3-14-43(48(62)63-31-34-15-5-4-6-16-34)57-46(60)42(22-13-28-53-49(51)52)55-45(59)41(21-11-12-27-50)56-47(61)44(54-32(2)58)29-33-23-25-35(26-24-33)40-30-36-17-7-8-18-37(36)38-19-9-10-20-39(38)40;;/h3-10,15-20,23-26,30,41-44H,1,11-14,21-22,27-29,31,50H2,2H3,(H,54,58)(H,55,59)(H,56,61)(H,57,60)(H4,51,52,53);2*1H/t41-,42-,43+,44+;;/m1../s1. The highest BCUT2D eigenvalue weighted by molar-refractivity contribution is 6.13. The second kappa shape index (κ2) is 27.0. The SMILES string of the molecule is C=CC[C@H](NC(=O)[C@@H](CCCN=C(N)N)NC(=O)[C@@H](CCCCN)NC(=O)[C@H](Cc1ccc(-c2cc3ccccc3c3ccccc23)cc1)NC(C)=O)C(=O)OCc1ccccc1.Cl.Cl. The molecule has 4 atom stereocenters. The van der Waals surface area contributed by atoms with E-state index in [-0.39, 0.29) is 69.6 Å². The van der Waals surface area contributed by atoms with Crippen molar-refractivity contribution in [1.29, 1.82) is 0 Å². The summed E-state index contributed by atoms with van der Waals surface area (Å²) in [7, 11) is 0. The molecule has 0 spiro atoms. The van der Waals surface area contributed by atoms with Crippen LogP contribution in [0.3, 0.4) is 0 Å². The highest BCUT2D eigenvalue weighted by atomic mass is 35.5. The third-order valence-corrected chi connectivity index (χ3v) is 10.6. The van der Waals surface area contributed by atoms with Crippen LogP contribution in [0.2, 0.25) is 0 Å². The van der Waals surface area contributed by atoms with Gasteiger partial charge in [-0.05, 0) is 94.9 Å². The van der Waals surface area contributed by atoms with E-state index in [1.54, 1.807) is 0 Å². The van der Waals surface area contributed by atoms with Crippen molar-refractivity contribution in [1.82, 2.24) is 21.3 Å². The summed E-state index contributed by atoms with van der Waals surface area (Å²) in [6.07, 6.45) is 3.34. The predicted octanol–water partition coefficient (Wildman–Crippen LogP) is 5.51. The van der Waals surface area contributed by atoms with Crippen LogP contribution in [-0.4, -0.2) is 72.8 Å². The molecule has 0 radical (unpaired) electrons. The van der Waals surface area contributed by atoms with Crippen molar-refractivity contribution in [3.8, 4) is 11.1 Å². The third kappa shape index (κ3) is 15.9. The number of benzene rings is 5. The molecular weight excluding hydrogens is 867 g/mol. The van der Waals surface area contributed by atoms with E-state index in [1.807, 2.05) is 78.9 Å². The lowest BCUT2D eigenvalue weighted by atomic mass is 9.92. The molecule has 0 heterocycles. The zero-order valence-corrected chi connectivity index (χ0v) is 38.1. The van der Waals surface area contributed by atoms with Gasteiger partial charge >= 0.3 is 5.97 Å². The van der Waals surface area contributed by atoms with E-state index in [0.29, 0.717) is 25.8 Å². The molecule has 0 aromatic heterocycles. The molecule has 16 heteroatoms. The van der Waals surface area contributed by atoms with Gasteiger partial charge in [0.15, 0.2) is 5.96 Å². The van der Waals surface area contributed by atoms with Crippen LogP contribution in [0, 0.1) is 0 Å². The summed E-state index contributed by atoms with van der Waals surface area (Å²) in [4.78, 5) is 71.5. The minimum atomic E-state index is -1.15. The number of esters is 1. The monoisotopic (exact) mass is 926 g/mol. The van der Waals surface area contributed by atoms with Crippen molar-refractivity contribution in [2.75, 3.05) is 13.1 Å². The van der Waals surface area contributed by atoms with Crippen LogP contribution in [0.25, 0.3) is 32.7 Å². The van der Waals surface area contributed by atoms with Gasteiger partial charge in [0.1, 0.15) is 30.8 Å². The fourth-order valence-electron chi connectivity index (χ4n) is 7.36. The Labute approximate surface area is 392 Å². The number of hydrogen-bond acceptors (Lipinski definition) is 8. The summed E-state index contributed by atoms with van der Waals surface area (Å²) < 4.78 is 5.49. The number of unbranched alkanes of at least 4 members (excludes halogenated alkanes) is 1. The molecule has 65 heavy (non-hydrogen) atoms. The van der Waals surface area contributed by atoms with Crippen LogP contribution in [0.4, 0.5) is 0 Å². The van der Waals surface area contributed by atoms with Gasteiger partial charge < -0.3 is 43.2 Å². The topological polar surface area (TPSA) is 233 Å². The highest BCUT2D eigenvalue weighted by Gasteiger charge is 2.31. The molecule has 0 aliphatic carbocycles. The molecule has 5 rings (SSSR count). The van der Waals surface area contributed by atoms with Crippen LogP contribution < -0.4 is 38.5 Å². The number of amides is 4. The summed E-state index contributed by atoms with van der Waals surface area (Å²) in [5, 5.41) is 15.6. The van der Waals surface area contributed by atoms with Gasteiger partial charge in [-0.25, -0.2) is 4.79 Å². The normalized spacial score (nSPS) is 12.5. The molecule has 0 saturated carbocycles. The molecule has 5 aromatic carbocycles. The largest absolute Gasteiger partial charge is 0.459 e. The summed E-state index contributed by atoms with van der Waals surface area (Å²) in [5.74, 6) is -3.10. The summed E-state index contributed by atoms with van der Waals surface area (Å²) >= 11 is 0. The molecule has 4 amide bonds. The van der Waals surface area contributed by atoms with Gasteiger partial charge in [0.25, 0.3) is 0 Å². The van der Waals surface area contributed by atoms with Crippen molar-refractivity contribution in [2.45, 2.75) is 82.6 Å². The molecule has 14 nitrogen and oxygen atoms in total. The number of ether oxygens (including phenoxy) is 1. The van der Waals surface area contributed by atoms with E-state index < -0.39 is 53.8 Å². The maximum Gasteiger partial charge on any atom is 0.329 e. The quantitative estimate of drug-likeness (QED) is 0.0109. The predicted molar refractivity (Wildman–Crippen MR) is 262 cm³/mol. The fraction of sp³-hybridized carbons (Fsp3) is 0.306. The molecule has 0 saturated heterocycles. The number of carbonyl (C=O) groups excluding carboxylic acids is 5. The number of nitrogens with two attached hydrogens (primary N) is 3. The number of fused-ring (bicyclic) bond motifs is 3. The Hall–Kier alpha value is -6.48. The number of rotatable bonds is 23. The highest BCUT2D eigenvalue weighted by Crippen LogP contribution is 2.35. The van der Waals surface area contributed by atoms with E-state index in [1.165, 1.54) is 18.4 Å². The van der Waals surface area contributed by atoms with E-state index >= 15 is 0 Å². The maximum atomic E-state index is 14.1. The number of hydrogen-bond donors (Lipinski definition) is 7. The third-order valence-electron chi connectivity index (χ3n) is 10.6. The Balaban J connectivity index is 0.00000561. The second-order valence-corrected chi connectivity index (χ2v) is 15.4. The van der Waals surface area contributed by atoms with Crippen molar-refractivity contribution in [2.24, 2.45) is 22.2 Å². The zero-order valence-electron chi connectivity index (χ0n) is 36.5. The summed E-state index contributed by atoms with van der Waals surface area (Å²) in [6, 6.07) is 31.3. The Morgan fingerprint density at radius 3 is 1.85 bits per heavy atom. The van der Waals surface area contributed by atoms with Crippen LogP contribution in [0.15, 0.2) is 127 Å². The lowest BCUT2D eigenvalue weighted by Gasteiger charge is -2.26. The Bertz CT molecular complexity index is 2400. The first-order valence-electron chi connectivity index (χ1n) is 21.2. The van der Waals surface area contributed by atoms with Gasteiger partial charge in [0.05, 0.1) is 0 Å². The molecule has 0 aliphatic heterocycles. The number of carbonyl (C=O) groups is 5. The van der Waals surface area contributed by atoms with Gasteiger partial charge in [-0.3, -0.25) is 24.2 Å². The van der Waals surface area contributed by atoms with Crippen molar-refractivity contribution < 1.29 is 28.7 Å². The lowest BCUT2D eigenvalue weighted by Crippen LogP contribution is -2.58. The first-order chi connectivity index (χ1) is 30.5. The molecule has 346 valence electrons. The van der Waals surface area contributed by atoms with Gasteiger partial charge in [-0.1, -0.05) is 109 Å². The second-order valence-electron chi connectivity index (χ2n) is 15.4. The Morgan fingerprint density at radius 1 is 0.662 bits per heavy atom. The molecule has 0 unspecified atom stereocenters. The van der Waals surface area contributed by atoms with E-state index in [0.717, 1.165) is 38.4 Å². The van der Waals surface area contributed by atoms with E-state index in [9.17, 15) is 24.0 Å². The minimum absolute atomic E-state index is 0. The molecule has 0 bridgehead atoms. The van der Waals surface area contributed by atoms with Gasteiger partial charge in [0.2, 0.25) is 23.6 Å². The fourth-order valence-corrected chi connectivity index (χ4v) is 7.36. The first kappa shape index (κ1) is 52.9. The number of guanidine groups is 1. The Kier molecular flexibility index (Phi) is 21.9. The van der Waals surface area contributed by atoms with Crippen molar-refractivity contribution in [3.63, 3.8) is 0 Å². The van der Waals surface area contributed by atoms with Gasteiger partial charge in [0, 0.05) is 19.9 Å². The van der Waals surface area contributed by atoms with E-state index in [4.69, 9.17) is 21.9 Å². The first-order valence-corrected chi connectivity index (χ1v) is 21.2.